The molecule has 0 aliphatic carbocycles. The zero-order valence-corrected chi connectivity index (χ0v) is 10.3. The van der Waals surface area contributed by atoms with Gasteiger partial charge in [-0.1, -0.05) is 13.8 Å². The van der Waals surface area contributed by atoms with E-state index in [0.29, 0.717) is 6.54 Å². The maximum absolute atomic E-state index is 5.90. The highest BCUT2D eigenvalue weighted by Crippen LogP contribution is 2.26. The highest BCUT2D eigenvalue weighted by molar-refractivity contribution is 6.04. The highest BCUT2D eigenvalue weighted by atomic mass is 15.1. The predicted molar refractivity (Wildman–Crippen MR) is 74.0 cm³/mol. The lowest BCUT2D eigenvalue weighted by atomic mass is 10.0. The smallest absolute Gasteiger partial charge is 0.130 e. The molecule has 1 aliphatic rings. The van der Waals surface area contributed by atoms with Crippen LogP contribution in [0, 0.1) is 0 Å². The fourth-order valence-corrected chi connectivity index (χ4v) is 2.01. The van der Waals surface area contributed by atoms with E-state index >= 15 is 0 Å². The lowest BCUT2D eigenvalue weighted by Crippen LogP contribution is -2.16. The minimum absolute atomic E-state index is 0.636. The van der Waals surface area contributed by atoms with Crippen molar-refractivity contribution in [1.82, 2.24) is 0 Å². The first-order valence-electron chi connectivity index (χ1n) is 5.97. The van der Waals surface area contributed by atoms with Gasteiger partial charge >= 0.3 is 0 Å². The maximum Gasteiger partial charge on any atom is 0.130 e. The molecule has 1 aliphatic heterocycles. The second-order valence-electron chi connectivity index (χ2n) is 4.08. The molecule has 3 N–H and O–H groups in total. The predicted octanol–water partition coefficient (Wildman–Crippen LogP) is 2.25. The van der Waals surface area contributed by atoms with Crippen LogP contribution in [0.15, 0.2) is 22.1 Å². The van der Waals surface area contributed by atoms with Crippen molar-refractivity contribution in [3.8, 4) is 0 Å². The zero-order valence-electron chi connectivity index (χ0n) is 10.3. The zero-order chi connectivity index (χ0) is 12.3. The van der Waals surface area contributed by atoms with Crippen LogP contribution in [0.5, 0.6) is 0 Å². The number of anilines is 2. The Hall–Kier alpha value is -1.84. The SMILES string of the molecule is CCc1cc(N)cc(CC)c1NC1=NC=NC1. The molecule has 0 bridgehead atoms. The molecule has 2 rings (SSSR count). The van der Waals surface area contributed by atoms with E-state index in [-0.39, 0.29) is 0 Å². The molecular weight excluding hydrogens is 212 g/mol. The van der Waals surface area contributed by atoms with Crippen molar-refractivity contribution < 1.29 is 0 Å². The summed E-state index contributed by atoms with van der Waals surface area (Å²) in [4.78, 5) is 8.26. The topological polar surface area (TPSA) is 62.8 Å². The second-order valence-corrected chi connectivity index (χ2v) is 4.08. The van der Waals surface area contributed by atoms with E-state index in [1.54, 1.807) is 6.34 Å². The molecule has 0 saturated heterocycles. The van der Waals surface area contributed by atoms with E-state index in [2.05, 4.69) is 29.1 Å². The summed E-state index contributed by atoms with van der Waals surface area (Å²) in [5, 5.41) is 3.38. The van der Waals surface area contributed by atoms with Gasteiger partial charge in [-0.3, -0.25) is 4.99 Å². The van der Waals surface area contributed by atoms with E-state index in [0.717, 1.165) is 30.1 Å². The quantitative estimate of drug-likeness (QED) is 0.782. The first-order valence-corrected chi connectivity index (χ1v) is 5.97. The number of nitrogens with zero attached hydrogens (tertiary/aromatic N) is 2. The summed E-state index contributed by atoms with van der Waals surface area (Å²) in [6, 6.07) is 4.05. The van der Waals surface area contributed by atoms with Crippen molar-refractivity contribution in [3.05, 3.63) is 23.3 Å². The third-order valence-corrected chi connectivity index (χ3v) is 2.89. The molecule has 0 aromatic heterocycles. The molecular formula is C13H18N4. The number of nitrogen functional groups attached to an aromatic ring is 1. The summed E-state index contributed by atoms with van der Waals surface area (Å²) < 4.78 is 0. The van der Waals surface area contributed by atoms with Crippen LogP contribution in [0.25, 0.3) is 0 Å². The Morgan fingerprint density at radius 2 is 1.88 bits per heavy atom. The monoisotopic (exact) mass is 230 g/mol. The Bertz CT molecular complexity index is 449. The molecule has 0 atom stereocenters. The third kappa shape index (κ3) is 2.46. The van der Waals surface area contributed by atoms with Crippen molar-refractivity contribution in [2.75, 3.05) is 17.6 Å². The second kappa shape index (κ2) is 4.99. The third-order valence-electron chi connectivity index (χ3n) is 2.89. The molecule has 0 spiro atoms. The molecule has 0 fully saturated rings. The van der Waals surface area contributed by atoms with Crippen LogP contribution in [0.4, 0.5) is 11.4 Å². The fourth-order valence-electron chi connectivity index (χ4n) is 2.01. The van der Waals surface area contributed by atoms with Gasteiger partial charge in [0.05, 0.1) is 6.54 Å². The largest absolute Gasteiger partial charge is 0.399 e. The molecule has 90 valence electrons. The Kier molecular flexibility index (Phi) is 3.42. The molecule has 1 heterocycles. The van der Waals surface area contributed by atoms with Crippen molar-refractivity contribution in [2.24, 2.45) is 9.98 Å². The van der Waals surface area contributed by atoms with Crippen LogP contribution in [-0.4, -0.2) is 18.7 Å². The van der Waals surface area contributed by atoms with Gasteiger partial charge in [0.1, 0.15) is 12.2 Å². The average molecular weight is 230 g/mol. The normalized spacial score (nSPS) is 13.9. The average Bonchev–Trinajstić information content (AvgIpc) is 2.83. The van der Waals surface area contributed by atoms with Gasteiger partial charge in [0, 0.05) is 11.4 Å². The van der Waals surface area contributed by atoms with E-state index in [9.17, 15) is 0 Å². The van der Waals surface area contributed by atoms with Crippen molar-refractivity contribution >= 4 is 23.5 Å². The van der Waals surface area contributed by atoms with Crippen LogP contribution in [-0.2, 0) is 12.8 Å². The Morgan fingerprint density at radius 1 is 1.24 bits per heavy atom. The number of hydrogen-bond acceptors (Lipinski definition) is 4. The van der Waals surface area contributed by atoms with Gasteiger partial charge < -0.3 is 11.1 Å². The molecule has 0 saturated carbocycles. The van der Waals surface area contributed by atoms with Gasteiger partial charge in [-0.05, 0) is 36.1 Å². The molecule has 1 aromatic carbocycles. The van der Waals surface area contributed by atoms with Gasteiger partial charge in [0.15, 0.2) is 0 Å². The molecule has 0 unspecified atom stereocenters. The lowest BCUT2D eigenvalue weighted by Gasteiger charge is -2.16. The molecule has 0 amide bonds. The highest BCUT2D eigenvalue weighted by Gasteiger charge is 2.11. The summed E-state index contributed by atoms with van der Waals surface area (Å²) in [6.45, 7) is 4.90. The van der Waals surface area contributed by atoms with Gasteiger partial charge in [-0.25, -0.2) is 4.99 Å². The Balaban J connectivity index is 2.35. The Morgan fingerprint density at radius 3 is 2.35 bits per heavy atom. The number of aryl methyl sites for hydroxylation is 2. The number of amidine groups is 1. The molecule has 17 heavy (non-hydrogen) atoms. The minimum atomic E-state index is 0.636. The number of aliphatic imine (C=N–C) groups is 2. The number of benzene rings is 1. The van der Waals surface area contributed by atoms with Gasteiger partial charge in [-0.15, -0.1) is 0 Å². The van der Waals surface area contributed by atoms with E-state index in [4.69, 9.17) is 5.73 Å². The number of nitrogens with two attached hydrogens (primary N) is 1. The first-order chi connectivity index (χ1) is 8.24. The Labute approximate surface area is 102 Å². The summed E-state index contributed by atoms with van der Waals surface area (Å²) >= 11 is 0. The van der Waals surface area contributed by atoms with E-state index in [1.807, 2.05) is 12.1 Å². The molecule has 4 nitrogen and oxygen atoms in total. The standard InChI is InChI=1S/C13H18N4/c1-3-9-5-11(14)6-10(4-2)13(9)17-12-7-15-8-16-12/h5-6,8H,3-4,7,14H2,1-2H3,(H,15,16,17). The maximum atomic E-state index is 5.90. The summed E-state index contributed by atoms with van der Waals surface area (Å²) in [6.07, 6.45) is 3.50. The number of hydrogen-bond donors (Lipinski definition) is 2. The number of nitrogens with one attached hydrogen (secondary N) is 1. The lowest BCUT2D eigenvalue weighted by molar-refractivity contribution is 1.09. The van der Waals surface area contributed by atoms with Crippen LogP contribution in [0.2, 0.25) is 0 Å². The van der Waals surface area contributed by atoms with Crippen LogP contribution < -0.4 is 11.1 Å². The van der Waals surface area contributed by atoms with Crippen LogP contribution >= 0.6 is 0 Å². The summed E-state index contributed by atoms with van der Waals surface area (Å²) in [7, 11) is 0. The van der Waals surface area contributed by atoms with Crippen molar-refractivity contribution in [3.63, 3.8) is 0 Å². The van der Waals surface area contributed by atoms with Crippen molar-refractivity contribution in [2.45, 2.75) is 26.7 Å². The van der Waals surface area contributed by atoms with Gasteiger partial charge in [0.25, 0.3) is 0 Å². The molecule has 0 radical (unpaired) electrons. The minimum Gasteiger partial charge on any atom is -0.399 e. The molecule has 4 heteroatoms. The van der Waals surface area contributed by atoms with E-state index < -0.39 is 0 Å². The molecule has 1 aromatic rings. The first kappa shape index (κ1) is 11.6. The summed E-state index contributed by atoms with van der Waals surface area (Å²) in [5.41, 5.74) is 10.3. The van der Waals surface area contributed by atoms with Crippen molar-refractivity contribution in [1.29, 1.82) is 0 Å². The van der Waals surface area contributed by atoms with Crippen LogP contribution in [0.1, 0.15) is 25.0 Å². The van der Waals surface area contributed by atoms with Crippen LogP contribution in [0.3, 0.4) is 0 Å². The number of rotatable bonds is 3. The summed E-state index contributed by atoms with van der Waals surface area (Å²) in [5.74, 6) is 0.902. The van der Waals surface area contributed by atoms with E-state index in [1.165, 1.54) is 11.1 Å². The van der Waals surface area contributed by atoms with Gasteiger partial charge in [-0.2, -0.15) is 0 Å². The fraction of sp³-hybridized carbons (Fsp3) is 0.385. The van der Waals surface area contributed by atoms with Gasteiger partial charge in [0.2, 0.25) is 0 Å².